The molecule has 7 nitrogen and oxygen atoms in total. The Morgan fingerprint density at radius 3 is 2.82 bits per heavy atom. The fourth-order valence-electron chi connectivity index (χ4n) is 2.11. The number of aliphatic hydroxyl groups is 2. The van der Waals surface area contributed by atoms with Crippen molar-refractivity contribution < 1.29 is 24.9 Å². The fourth-order valence-corrected chi connectivity index (χ4v) is 2.11. The van der Waals surface area contributed by atoms with Gasteiger partial charge in [0.05, 0.1) is 18.8 Å². The second-order valence-corrected chi connectivity index (χ2v) is 4.33. The van der Waals surface area contributed by atoms with Crippen LogP contribution in [0.5, 0.6) is 0 Å². The third-order valence-corrected chi connectivity index (χ3v) is 2.89. The number of hydrogen-bond donors (Lipinski definition) is 5. The van der Waals surface area contributed by atoms with Crippen molar-refractivity contribution in [3.8, 4) is 0 Å². The molecular weight excluding hydrogens is 228 g/mol. The van der Waals surface area contributed by atoms with Crippen LogP contribution in [0.1, 0.15) is 12.8 Å². The molecule has 0 aliphatic heterocycles. The molecule has 5 N–H and O–H groups in total. The van der Waals surface area contributed by atoms with E-state index in [0.29, 0.717) is 0 Å². The van der Waals surface area contributed by atoms with Gasteiger partial charge in [-0.25, -0.2) is 0 Å². The molecule has 1 saturated carbocycles. The summed E-state index contributed by atoms with van der Waals surface area (Å²) in [7, 11) is 1.43. The van der Waals surface area contributed by atoms with Crippen LogP contribution in [0.4, 0.5) is 0 Å². The van der Waals surface area contributed by atoms with Crippen LogP contribution in [0.15, 0.2) is 0 Å². The van der Waals surface area contributed by atoms with Crippen LogP contribution in [-0.4, -0.2) is 65.0 Å². The highest BCUT2D eigenvalue weighted by Gasteiger charge is 2.42. The number of carboxylic acid groups (broad SMARTS) is 1. The lowest BCUT2D eigenvalue weighted by Crippen LogP contribution is -2.58. The first-order valence-electron chi connectivity index (χ1n) is 5.30. The number of carboxylic acids is 1. The minimum Gasteiger partial charge on any atom is -0.480 e. The average molecular weight is 246 g/mol. The van der Waals surface area contributed by atoms with Gasteiger partial charge in [-0.15, -0.1) is 0 Å². The van der Waals surface area contributed by atoms with Gasteiger partial charge < -0.3 is 30.8 Å². The third kappa shape index (κ3) is 3.47. The lowest BCUT2D eigenvalue weighted by atomic mass is 9.79. The Morgan fingerprint density at radius 1 is 1.71 bits per heavy atom. The zero-order chi connectivity index (χ0) is 13.1. The van der Waals surface area contributed by atoms with E-state index in [1.165, 1.54) is 7.11 Å². The van der Waals surface area contributed by atoms with Crippen LogP contribution in [0, 0.1) is 5.41 Å². The summed E-state index contributed by atoms with van der Waals surface area (Å²) in [5, 5.41) is 38.1. The molecule has 0 saturated heterocycles. The van der Waals surface area contributed by atoms with Crippen LogP contribution in [-0.2, 0) is 9.53 Å². The van der Waals surface area contributed by atoms with E-state index in [2.05, 4.69) is 5.32 Å². The summed E-state index contributed by atoms with van der Waals surface area (Å²) < 4.78 is 5.11. The van der Waals surface area contributed by atoms with E-state index in [-0.39, 0.29) is 25.1 Å². The molecule has 0 amide bonds. The van der Waals surface area contributed by atoms with Crippen molar-refractivity contribution in [1.82, 2.24) is 5.32 Å². The Hall–Kier alpha value is -1.02. The molecule has 0 aromatic rings. The van der Waals surface area contributed by atoms with Crippen molar-refractivity contribution in [2.45, 2.75) is 30.6 Å². The normalized spacial score (nSPS) is 33.7. The van der Waals surface area contributed by atoms with Crippen LogP contribution in [0.25, 0.3) is 0 Å². The Balaban J connectivity index is 2.74. The number of aliphatic hydroxyl groups excluding tert-OH is 1. The van der Waals surface area contributed by atoms with Gasteiger partial charge in [0.15, 0.2) is 0 Å². The molecule has 0 unspecified atom stereocenters. The molecule has 0 bridgehead atoms. The molecule has 0 aromatic heterocycles. The van der Waals surface area contributed by atoms with E-state index in [4.69, 9.17) is 20.4 Å². The van der Waals surface area contributed by atoms with E-state index in [1.54, 1.807) is 0 Å². The predicted molar refractivity (Wildman–Crippen MR) is 59.2 cm³/mol. The smallest absolute Gasteiger partial charge is 0.317 e. The molecular formula is C10H18N2O5. The quantitative estimate of drug-likeness (QED) is 0.406. The van der Waals surface area contributed by atoms with Gasteiger partial charge in [0, 0.05) is 25.3 Å². The maximum absolute atomic E-state index is 10.5. The first-order valence-corrected chi connectivity index (χ1v) is 5.30. The number of aliphatic carboxylic acids is 1. The summed E-state index contributed by atoms with van der Waals surface area (Å²) in [5.74, 6) is -1.02. The molecule has 0 aromatic carbocycles. The van der Waals surface area contributed by atoms with Crippen LogP contribution in [0.2, 0.25) is 0 Å². The summed E-state index contributed by atoms with van der Waals surface area (Å²) in [6, 6.07) is -0.491. The van der Waals surface area contributed by atoms with Gasteiger partial charge >= 0.3 is 5.97 Å². The highest BCUT2D eigenvalue weighted by Crippen LogP contribution is 2.27. The zero-order valence-corrected chi connectivity index (χ0v) is 9.64. The van der Waals surface area contributed by atoms with Gasteiger partial charge in [-0.3, -0.25) is 4.79 Å². The molecule has 1 aliphatic carbocycles. The third-order valence-electron chi connectivity index (χ3n) is 2.89. The van der Waals surface area contributed by atoms with E-state index >= 15 is 0 Å². The molecule has 0 heterocycles. The summed E-state index contributed by atoms with van der Waals surface area (Å²) in [6.45, 7) is -0.740. The standard InChI is InChI=1S/C10H18N2O5/c1-17-9-6(11)2-10(16,5-13)3-7(9)12-4-8(14)15/h7,9,11-13,16H,2-5H2,1H3,(H,14,15)/t7-,9-,10-/m0/s1. The zero-order valence-electron chi connectivity index (χ0n) is 9.64. The van der Waals surface area contributed by atoms with Crippen LogP contribution < -0.4 is 5.32 Å². The summed E-state index contributed by atoms with van der Waals surface area (Å²) >= 11 is 0. The summed E-state index contributed by atoms with van der Waals surface area (Å²) in [4.78, 5) is 10.5. The molecule has 1 aliphatic rings. The van der Waals surface area contributed by atoms with E-state index in [9.17, 15) is 9.90 Å². The highest BCUT2D eigenvalue weighted by molar-refractivity contribution is 5.88. The molecule has 3 atom stereocenters. The van der Waals surface area contributed by atoms with Gasteiger partial charge in [0.2, 0.25) is 0 Å². The van der Waals surface area contributed by atoms with E-state index in [0.717, 1.165) is 0 Å². The number of hydrogen-bond acceptors (Lipinski definition) is 6. The first-order chi connectivity index (χ1) is 7.91. The first kappa shape index (κ1) is 14.0. The molecule has 1 fully saturated rings. The molecule has 17 heavy (non-hydrogen) atoms. The monoisotopic (exact) mass is 246 g/mol. The Kier molecular flexibility index (Phi) is 4.58. The van der Waals surface area contributed by atoms with Crippen LogP contribution in [0.3, 0.4) is 0 Å². The minimum absolute atomic E-state index is 0.0350. The lowest BCUT2D eigenvalue weighted by Gasteiger charge is -2.40. The van der Waals surface area contributed by atoms with Crippen molar-refractivity contribution in [2.24, 2.45) is 0 Å². The van der Waals surface area contributed by atoms with Gasteiger partial charge in [-0.1, -0.05) is 0 Å². The maximum Gasteiger partial charge on any atom is 0.317 e. The lowest BCUT2D eigenvalue weighted by molar-refractivity contribution is -0.136. The second-order valence-electron chi connectivity index (χ2n) is 4.33. The SMILES string of the molecule is CO[C@H]1C(=N)C[C@@](O)(CO)C[C@@H]1NCC(=O)O. The van der Waals surface area contributed by atoms with Crippen molar-refractivity contribution in [3.05, 3.63) is 0 Å². The Morgan fingerprint density at radius 2 is 2.35 bits per heavy atom. The van der Waals surface area contributed by atoms with Crippen molar-refractivity contribution in [1.29, 1.82) is 5.41 Å². The molecule has 0 radical (unpaired) electrons. The Bertz CT molecular complexity index is 309. The summed E-state index contributed by atoms with van der Waals surface area (Å²) in [5.41, 5.74) is -1.22. The average Bonchev–Trinajstić information content (AvgIpc) is 2.26. The highest BCUT2D eigenvalue weighted by atomic mass is 16.5. The van der Waals surface area contributed by atoms with Crippen molar-refractivity contribution in [2.75, 3.05) is 20.3 Å². The number of carbonyl (C=O) groups is 1. The number of nitrogens with one attached hydrogen (secondary N) is 2. The van der Waals surface area contributed by atoms with Gasteiger partial charge in [-0.2, -0.15) is 0 Å². The Labute approximate surface area is 98.9 Å². The topological polar surface area (TPSA) is 123 Å². The van der Waals surface area contributed by atoms with Gasteiger partial charge in [0.25, 0.3) is 0 Å². The number of methoxy groups -OCH3 is 1. The van der Waals surface area contributed by atoms with Crippen LogP contribution >= 0.6 is 0 Å². The predicted octanol–water partition coefficient (Wildman–Crippen LogP) is -1.42. The van der Waals surface area contributed by atoms with E-state index in [1.807, 2.05) is 0 Å². The van der Waals surface area contributed by atoms with Gasteiger partial charge in [0.1, 0.15) is 6.10 Å². The second kappa shape index (κ2) is 5.54. The van der Waals surface area contributed by atoms with Gasteiger partial charge in [-0.05, 0) is 6.42 Å². The number of ether oxygens (including phenoxy) is 1. The number of rotatable bonds is 5. The van der Waals surface area contributed by atoms with Crippen molar-refractivity contribution >= 4 is 11.7 Å². The molecule has 98 valence electrons. The maximum atomic E-state index is 10.5. The summed E-state index contributed by atoms with van der Waals surface area (Å²) in [6.07, 6.45) is -0.383. The largest absolute Gasteiger partial charge is 0.480 e. The molecule has 7 heteroatoms. The molecule has 0 spiro atoms. The van der Waals surface area contributed by atoms with Crippen molar-refractivity contribution in [3.63, 3.8) is 0 Å². The fraction of sp³-hybridized carbons (Fsp3) is 0.800. The minimum atomic E-state index is -1.37. The molecule has 1 rings (SSSR count). The van der Waals surface area contributed by atoms with E-state index < -0.39 is 30.3 Å².